The largest absolute Gasteiger partial charge is 0.497 e. The van der Waals surface area contributed by atoms with Crippen LogP contribution in [0.2, 0.25) is 0 Å². The predicted molar refractivity (Wildman–Crippen MR) is 82.8 cm³/mol. The van der Waals surface area contributed by atoms with Crippen molar-refractivity contribution in [2.24, 2.45) is 0 Å². The summed E-state index contributed by atoms with van der Waals surface area (Å²) in [4.78, 5) is 0. The smallest absolute Gasteiger partial charge is 0.120 e. The SMILES string of the molecule is CCCC1=CC(C)(CCC)Nc2cc(OC)ccc21. The average molecular weight is 259 g/mol. The number of allylic oxidation sites excluding steroid dienone is 1. The van der Waals surface area contributed by atoms with Crippen molar-refractivity contribution in [3.05, 3.63) is 29.8 Å². The lowest BCUT2D eigenvalue weighted by molar-refractivity contribution is 0.414. The van der Waals surface area contributed by atoms with Crippen LogP contribution in [0.3, 0.4) is 0 Å². The lowest BCUT2D eigenvalue weighted by Crippen LogP contribution is -2.35. The van der Waals surface area contributed by atoms with Crippen LogP contribution in [0.1, 0.15) is 52.0 Å². The third kappa shape index (κ3) is 2.94. The predicted octanol–water partition coefficient (Wildman–Crippen LogP) is 4.86. The summed E-state index contributed by atoms with van der Waals surface area (Å²) in [6.45, 7) is 6.76. The van der Waals surface area contributed by atoms with Crippen LogP contribution in [0.15, 0.2) is 24.3 Å². The molecule has 1 N–H and O–H groups in total. The Morgan fingerprint density at radius 3 is 2.63 bits per heavy atom. The summed E-state index contributed by atoms with van der Waals surface area (Å²) in [6.07, 6.45) is 7.07. The maximum Gasteiger partial charge on any atom is 0.120 e. The number of benzene rings is 1. The second-order valence-corrected chi connectivity index (χ2v) is 5.62. The normalized spacial score (nSPS) is 21.4. The van der Waals surface area contributed by atoms with Gasteiger partial charge in [-0.15, -0.1) is 0 Å². The molecule has 0 saturated carbocycles. The molecule has 0 spiro atoms. The lowest BCUT2D eigenvalue weighted by atomic mass is 9.84. The minimum atomic E-state index is 0.0681. The van der Waals surface area contributed by atoms with Gasteiger partial charge in [-0.1, -0.05) is 32.8 Å². The van der Waals surface area contributed by atoms with Crippen LogP contribution in [0.4, 0.5) is 5.69 Å². The first-order valence-electron chi connectivity index (χ1n) is 7.30. The number of hydrogen-bond acceptors (Lipinski definition) is 2. The third-order valence-electron chi connectivity index (χ3n) is 3.77. The molecule has 1 aliphatic rings. The molecule has 104 valence electrons. The Labute approximate surface area is 116 Å². The standard InChI is InChI=1S/C17H25NO/c1-5-7-13-12-17(3,10-6-2)18-16-11-14(19-4)8-9-15(13)16/h8-9,11-12,18H,5-7,10H2,1-4H3. The van der Waals surface area contributed by atoms with Crippen LogP contribution in [0.25, 0.3) is 5.57 Å². The van der Waals surface area contributed by atoms with Crippen molar-refractivity contribution in [1.29, 1.82) is 0 Å². The fourth-order valence-corrected chi connectivity index (χ4v) is 2.97. The highest BCUT2D eigenvalue weighted by molar-refractivity contribution is 5.82. The highest BCUT2D eigenvalue weighted by Crippen LogP contribution is 2.39. The highest BCUT2D eigenvalue weighted by atomic mass is 16.5. The number of ether oxygens (including phenoxy) is 1. The maximum absolute atomic E-state index is 5.34. The summed E-state index contributed by atoms with van der Waals surface area (Å²) in [7, 11) is 1.72. The van der Waals surface area contributed by atoms with E-state index in [4.69, 9.17) is 4.74 Å². The first-order chi connectivity index (χ1) is 9.11. The molecule has 0 aliphatic carbocycles. The first-order valence-corrected chi connectivity index (χ1v) is 7.30. The minimum absolute atomic E-state index is 0.0681. The Morgan fingerprint density at radius 2 is 2.00 bits per heavy atom. The zero-order valence-electron chi connectivity index (χ0n) is 12.5. The van der Waals surface area contributed by atoms with Gasteiger partial charge in [-0.2, -0.15) is 0 Å². The van der Waals surface area contributed by atoms with Gasteiger partial charge in [0.1, 0.15) is 5.75 Å². The molecule has 0 amide bonds. The van der Waals surface area contributed by atoms with E-state index in [0.29, 0.717) is 0 Å². The molecule has 0 saturated heterocycles. The van der Waals surface area contributed by atoms with Crippen molar-refractivity contribution in [3.8, 4) is 5.75 Å². The van der Waals surface area contributed by atoms with Crippen LogP contribution in [-0.2, 0) is 0 Å². The second kappa shape index (κ2) is 5.68. The monoisotopic (exact) mass is 259 g/mol. The molecule has 0 radical (unpaired) electrons. The summed E-state index contributed by atoms with van der Waals surface area (Å²) in [5.41, 5.74) is 4.07. The van der Waals surface area contributed by atoms with Crippen molar-refractivity contribution in [1.82, 2.24) is 0 Å². The van der Waals surface area contributed by atoms with Gasteiger partial charge in [0.2, 0.25) is 0 Å². The summed E-state index contributed by atoms with van der Waals surface area (Å²) < 4.78 is 5.34. The van der Waals surface area contributed by atoms with Gasteiger partial charge in [-0.05, 0) is 37.5 Å². The molecule has 1 aromatic carbocycles. The van der Waals surface area contributed by atoms with Crippen LogP contribution < -0.4 is 10.1 Å². The van der Waals surface area contributed by atoms with Crippen LogP contribution in [0, 0.1) is 0 Å². The molecule has 19 heavy (non-hydrogen) atoms. The molecule has 1 atom stereocenters. The molecule has 0 bridgehead atoms. The highest BCUT2D eigenvalue weighted by Gasteiger charge is 2.27. The number of hydrogen-bond donors (Lipinski definition) is 1. The Kier molecular flexibility index (Phi) is 4.18. The van der Waals surface area contributed by atoms with Crippen LogP contribution in [-0.4, -0.2) is 12.6 Å². The molecule has 2 heteroatoms. The Morgan fingerprint density at radius 1 is 1.21 bits per heavy atom. The van der Waals surface area contributed by atoms with Crippen molar-refractivity contribution in [2.75, 3.05) is 12.4 Å². The molecule has 1 unspecified atom stereocenters. The molecule has 1 heterocycles. The zero-order valence-corrected chi connectivity index (χ0v) is 12.5. The molecule has 1 aromatic rings. The van der Waals surface area contributed by atoms with Crippen molar-refractivity contribution in [2.45, 2.75) is 52.0 Å². The van der Waals surface area contributed by atoms with Gasteiger partial charge < -0.3 is 10.1 Å². The van der Waals surface area contributed by atoms with E-state index < -0.39 is 0 Å². The zero-order chi connectivity index (χ0) is 13.9. The van der Waals surface area contributed by atoms with Gasteiger partial charge in [-0.25, -0.2) is 0 Å². The van der Waals surface area contributed by atoms with Crippen LogP contribution >= 0.6 is 0 Å². The van der Waals surface area contributed by atoms with E-state index in [0.717, 1.165) is 18.6 Å². The number of methoxy groups -OCH3 is 1. The fourth-order valence-electron chi connectivity index (χ4n) is 2.97. The van der Waals surface area contributed by atoms with Crippen molar-refractivity contribution >= 4 is 11.3 Å². The van der Waals surface area contributed by atoms with E-state index in [-0.39, 0.29) is 5.54 Å². The molecular weight excluding hydrogens is 234 g/mol. The summed E-state index contributed by atoms with van der Waals surface area (Å²) in [6, 6.07) is 6.34. The lowest BCUT2D eigenvalue weighted by Gasteiger charge is -2.35. The molecule has 1 aliphatic heterocycles. The minimum Gasteiger partial charge on any atom is -0.497 e. The second-order valence-electron chi connectivity index (χ2n) is 5.62. The van der Waals surface area contributed by atoms with Gasteiger partial charge in [0.15, 0.2) is 0 Å². The number of anilines is 1. The first kappa shape index (κ1) is 14.0. The summed E-state index contributed by atoms with van der Waals surface area (Å²) in [5.74, 6) is 0.919. The van der Waals surface area contributed by atoms with Gasteiger partial charge in [0.25, 0.3) is 0 Å². The molecule has 2 nitrogen and oxygen atoms in total. The molecular formula is C17H25NO. The fraction of sp³-hybridized carbons (Fsp3) is 0.529. The van der Waals surface area contributed by atoms with Gasteiger partial charge >= 0.3 is 0 Å². The maximum atomic E-state index is 5.34. The molecule has 2 rings (SSSR count). The Balaban J connectivity index is 2.43. The average Bonchev–Trinajstić information content (AvgIpc) is 2.38. The topological polar surface area (TPSA) is 21.3 Å². The van der Waals surface area contributed by atoms with E-state index in [1.807, 2.05) is 6.07 Å². The van der Waals surface area contributed by atoms with E-state index in [9.17, 15) is 0 Å². The van der Waals surface area contributed by atoms with Crippen LogP contribution in [0.5, 0.6) is 5.75 Å². The van der Waals surface area contributed by atoms with Crippen molar-refractivity contribution < 1.29 is 4.74 Å². The molecule has 0 aromatic heterocycles. The van der Waals surface area contributed by atoms with Crippen molar-refractivity contribution in [3.63, 3.8) is 0 Å². The van der Waals surface area contributed by atoms with Gasteiger partial charge in [0.05, 0.1) is 12.6 Å². The number of nitrogens with one attached hydrogen (secondary N) is 1. The van der Waals surface area contributed by atoms with E-state index in [2.05, 4.69) is 44.3 Å². The number of rotatable bonds is 5. The summed E-state index contributed by atoms with van der Waals surface area (Å²) >= 11 is 0. The van der Waals surface area contributed by atoms with Gasteiger partial charge in [-0.3, -0.25) is 0 Å². The van der Waals surface area contributed by atoms with E-state index in [1.54, 1.807) is 7.11 Å². The summed E-state index contributed by atoms with van der Waals surface area (Å²) in [5, 5.41) is 3.68. The third-order valence-corrected chi connectivity index (χ3v) is 3.77. The quantitative estimate of drug-likeness (QED) is 0.815. The Bertz CT molecular complexity index is 478. The van der Waals surface area contributed by atoms with E-state index >= 15 is 0 Å². The molecule has 0 fully saturated rings. The van der Waals surface area contributed by atoms with Gasteiger partial charge in [0, 0.05) is 17.3 Å². The Hall–Kier alpha value is -1.44. The van der Waals surface area contributed by atoms with E-state index in [1.165, 1.54) is 29.7 Å². The number of fused-ring (bicyclic) bond motifs is 1.